The number of likely N-dealkylation sites (N-methyl/N-ethyl adjacent to an activating group) is 2. The molecule has 6 atom stereocenters. The molecule has 0 spiro atoms. The van der Waals surface area contributed by atoms with Crippen LogP contribution in [0.2, 0.25) is 0 Å². The highest BCUT2D eigenvalue weighted by Crippen LogP contribution is 2.28. The Kier molecular flexibility index (Phi) is 20.6. The lowest BCUT2D eigenvalue weighted by Gasteiger charge is -2.34. The van der Waals surface area contributed by atoms with Crippen LogP contribution in [-0.2, 0) is 54.5 Å². The molecule has 0 radical (unpaired) electrons. The summed E-state index contributed by atoms with van der Waals surface area (Å²) in [6.45, 7) is 2.65. The number of nitrogens with one attached hydrogen (secondary N) is 4. The highest BCUT2D eigenvalue weighted by Gasteiger charge is 2.46. The van der Waals surface area contributed by atoms with E-state index in [9.17, 15) is 55.1 Å². The van der Waals surface area contributed by atoms with E-state index in [1.807, 2.05) is 24.3 Å². The molecule has 0 saturated carbocycles. The van der Waals surface area contributed by atoms with Crippen molar-refractivity contribution >= 4 is 35.4 Å². The van der Waals surface area contributed by atoms with Gasteiger partial charge in [-0.3, -0.25) is 28.8 Å². The highest BCUT2D eigenvalue weighted by atomic mass is 19.4. The third-order valence-corrected chi connectivity index (χ3v) is 14.3. The van der Waals surface area contributed by atoms with Crippen LogP contribution in [0.5, 0.6) is 0 Å². The maximum absolute atomic E-state index is 14.4. The van der Waals surface area contributed by atoms with Gasteiger partial charge in [0.05, 0.1) is 12.1 Å². The van der Waals surface area contributed by atoms with Gasteiger partial charge in [-0.15, -0.1) is 0 Å². The molecule has 4 aromatic rings. The smallest absolute Gasteiger partial charge is 0.343 e. The number of benzene rings is 4. The van der Waals surface area contributed by atoms with Crippen molar-refractivity contribution < 1.29 is 55.1 Å². The monoisotopic (exact) mass is 1060 g/mol. The van der Waals surface area contributed by atoms with Gasteiger partial charge >= 0.3 is 24.2 Å². The van der Waals surface area contributed by atoms with E-state index in [4.69, 9.17) is 0 Å². The standard InChI is InChI=1S/C56H68F6N8O6/c1-37(63-3)49(71)65-47(51(73)69-29-11-17-45(69)35-67(53(75)55(57,58)59)31-27-39-13-7-5-8-14-39)33-41-19-23-43(24-20-41)44-25-21-42(22-26-44)34-48(66-50(72)38(2)64-4)52(74)70-30-12-18-46(70)36-68(54(76)56(60,61)62)32-28-40-15-9-6-10-16-40/h5-10,13-16,19-26,37-38,45-48,63-64H,11-12,17-18,27-36H2,1-4H3,(H,65,71)(H,66,72)/t37-,38-,45-,46-,47-,48-/m0/s1. The number of amides is 6. The molecular formula is C56H68F6N8O6. The van der Waals surface area contributed by atoms with Crippen LogP contribution in [0.4, 0.5) is 26.3 Å². The second-order valence-electron chi connectivity index (χ2n) is 19.6. The molecule has 76 heavy (non-hydrogen) atoms. The lowest BCUT2D eigenvalue weighted by Crippen LogP contribution is -2.56. The summed E-state index contributed by atoms with van der Waals surface area (Å²) >= 11 is 0. The molecule has 0 unspecified atom stereocenters. The predicted molar refractivity (Wildman–Crippen MR) is 275 cm³/mol. The summed E-state index contributed by atoms with van der Waals surface area (Å²) in [5.74, 6) is -5.83. The van der Waals surface area contributed by atoms with Crippen molar-refractivity contribution in [2.24, 2.45) is 0 Å². The van der Waals surface area contributed by atoms with E-state index in [2.05, 4.69) is 21.3 Å². The molecule has 6 rings (SSSR count). The number of rotatable bonds is 23. The van der Waals surface area contributed by atoms with E-state index < -0.39 is 84.0 Å². The van der Waals surface area contributed by atoms with Crippen molar-refractivity contribution in [1.29, 1.82) is 0 Å². The molecule has 2 aliphatic rings. The highest BCUT2D eigenvalue weighted by molar-refractivity contribution is 5.91. The van der Waals surface area contributed by atoms with Crippen molar-refractivity contribution in [1.82, 2.24) is 40.9 Å². The Labute approximate surface area is 439 Å². The van der Waals surface area contributed by atoms with Gasteiger partial charge in [0.15, 0.2) is 0 Å². The van der Waals surface area contributed by atoms with E-state index in [-0.39, 0.29) is 65.0 Å². The van der Waals surface area contributed by atoms with Gasteiger partial charge in [0, 0.05) is 64.2 Å². The first-order chi connectivity index (χ1) is 36.2. The zero-order valence-corrected chi connectivity index (χ0v) is 43.3. The summed E-state index contributed by atoms with van der Waals surface area (Å²) in [7, 11) is 3.19. The molecule has 2 fully saturated rings. The second kappa shape index (κ2) is 26.8. The van der Waals surface area contributed by atoms with Crippen molar-refractivity contribution in [2.75, 3.05) is 53.4 Å². The summed E-state index contributed by atoms with van der Waals surface area (Å²) < 4.78 is 83.2. The van der Waals surface area contributed by atoms with Gasteiger partial charge in [0.1, 0.15) is 12.1 Å². The molecule has 2 saturated heterocycles. The average Bonchev–Trinajstić information content (AvgIpc) is 4.09. The lowest BCUT2D eigenvalue weighted by atomic mass is 9.97. The van der Waals surface area contributed by atoms with Gasteiger partial charge in [0.25, 0.3) is 0 Å². The summed E-state index contributed by atoms with van der Waals surface area (Å²) in [5.41, 5.74) is 4.44. The van der Waals surface area contributed by atoms with Crippen LogP contribution >= 0.6 is 0 Å². The maximum atomic E-state index is 14.4. The second-order valence-corrected chi connectivity index (χ2v) is 19.6. The molecule has 14 nitrogen and oxygen atoms in total. The Morgan fingerprint density at radius 3 is 1.18 bits per heavy atom. The minimum absolute atomic E-state index is 0.0538. The number of alkyl halides is 6. The third-order valence-electron chi connectivity index (χ3n) is 14.3. The minimum atomic E-state index is -5.11. The van der Waals surface area contributed by atoms with Crippen LogP contribution in [0.3, 0.4) is 0 Å². The fourth-order valence-corrected chi connectivity index (χ4v) is 9.66. The Morgan fingerprint density at radius 2 is 0.868 bits per heavy atom. The zero-order valence-electron chi connectivity index (χ0n) is 43.3. The number of carbonyl (C=O) groups excluding carboxylic acids is 6. The molecule has 20 heteroatoms. The largest absolute Gasteiger partial charge is 0.471 e. The number of nitrogens with zero attached hydrogens (tertiary/aromatic N) is 4. The Bertz CT molecular complexity index is 2390. The Morgan fingerprint density at radius 1 is 0.526 bits per heavy atom. The van der Waals surface area contributed by atoms with Gasteiger partial charge in [-0.25, -0.2) is 0 Å². The predicted octanol–water partition coefficient (Wildman–Crippen LogP) is 5.87. The van der Waals surface area contributed by atoms with Crippen molar-refractivity contribution in [3.63, 3.8) is 0 Å². The fraction of sp³-hybridized carbons (Fsp3) is 0.464. The van der Waals surface area contributed by atoms with Gasteiger partial charge in [-0.05, 0) is 99.8 Å². The Hall–Kier alpha value is -6.80. The molecule has 4 N–H and O–H groups in total. The molecule has 4 aromatic carbocycles. The first-order valence-electron chi connectivity index (χ1n) is 25.7. The minimum Gasteiger partial charge on any atom is -0.343 e. The first kappa shape index (κ1) is 58.5. The number of hydrogen-bond donors (Lipinski definition) is 4. The van der Waals surface area contributed by atoms with Gasteiger partial charge in [-0.1, -0.05) is 109 Å². The first-order valence-corrected chi connectivity index (χ1v) is 25.7. The van der Waals surface area contributed by atoms with Gasteiger partial charge in [-0.2, -0.15) is 26.3 Å². The van der Waals surface area contributed by atoms with Crippen LogP contribution in [-0.4, -0.2) is 157 Å². The lowest BCUT2D eigenvalue weighted by molar-refractivity contribution is -0.186. The average molecular weight is 1060 g/mol. The fourth-order valence-electron chi connectivity index (χ4n) is 9.66. The van der Waals surface area contributed by atoms with Crippen molar-refractivity contribution in [3.05, 3.63) is 131 Å². The van der Waals surface area contributed by atoms with Crippen LogP contribution in [0.15, 0.2) is 109 Å². The van der Waals surface area contributed by atoms with Crippen LogP contribution in [0.25, 0.3) is 11.1 Å². The SMILES string of the molecule is CN[C@@H](C)C(=O)N[C@@H](Cc1ccc(-c2ccc(C[C@H](NC(=O)[C@H](C)NC)C(=O)N3CCC[C@H]3CN(CCc3ccccc3)C(=O)C(F)(F)F)cc2)cc1)C(=O)N1CCC[C@H]1CN(CCc1ccccc1)C(=O)C(F)(F)F. The molecule has 6 amide bonds. The van der Waals surface area contributed by atoms with E-state index in [1.165, 1.54) is 9.80 Å². The summed E-state index contributed by atoms with van der Waals surface area (Å²) in [4.78, 5) is 85.2. The molecule has 410 valence electrons. The third kappa shape index (κ3) is 16.1. The Balaban J connectivity index is 1.15. The molecule has 0 bridgehead atoms. The quantitative estimate of drug-likeness (QED) is 0.0671. The molecule has 0 aromatic heterocycles. The van der Waals surface area contributed by atoms with Crippen LogP contribution < -0.4 is 21.3 Å². The normalized spacial score (nSPS) is 17.3. The van der Waals surface area contributed by atoms with E-state index in [1.54, 1.807) is 113 Å². The topological polar surface area (TPSA) is 164 Å². The van der Waals surface area contributed by atoms with Crippen molar-refractivity contribution in [2.45, 2.75) is 114 Å². The zero-order chi connectivity index (χ0) is 55.2. The molecule has 2 heterocycles. The van der Waals surface area contributed by atoms with Crippen LogP contribution in [0.1, 0.15) is 61.8 Å². The van der Waals surface area contributed by atoms with E-state index in [0.717, 1.165) is 32.1 Å². The summed E-state index contributed by atoms with van der Waals surface area (Å²) in [6.07, 6.45) is -8.03. The molecule has 0 aliphatic carbocycles. The number of halogens is 6. The number of hydrogen-bond acceptors (Lipinski definition) is 8. The van der Waals surface area contributed by atoms with E-state index in [0.29, 0.717) is 36.8 Å². The van der Waals surface area contributed by atoms with E-state index >= 15 is 0 Å². The maximum Gasteiger partial charge on any atom is 0.471 e. The molecule has 2 aliphatic heterocycles. The van der Waals surface area contributed by atoms with Crippen LogP contribution in [0, 0.1) is 0 Å². The van der Waals surface area contributed by atoms with Gasteiger partial charge in [0.2, 0.25) is 23.6 Å². The summed E-state index contributed by atoms with van der Waals surface area (Å²) in [6, 6.07) is 27.3. The molecular weight excluding hydrogens is 995 g/mol. The number of likely N-dealkylation sites (tertiary alicyclic amines) is 2. The van der Waals surface area contributed by atoms with Gasteiger partial charge < -0.3 is 40.9 Å². The summed E-state index contributed by atoms with van der Waals surface area (Å²) in [5, 5.41) is 11.4. The van der Waals surface area contributed by atoms with Crippen molar-refractivity contribution in [3.8, 4) is 11.1 Å². The number of carbonyl (C=O) groups is 6.